The first-order valence-corrected chi connectivity index (χ1v) is 15.4. The third kappa shape index (κ3) is 8.75. The predicted octanol–water partition coefficient (Wildman–Crippen LogP) is 5.85. The molecule has 40 heavy (non-hydrogen) atoms. The fourth-order valence-corrected chi connectivity index (χ4v) is 5.73. The van der Waals surface area contributed by atoms with Crippen molar-refractivity contribution in [2.75, 3.05) is 20.3 Å². The molecule has 1 aliphatic carbocycles. The van der Waals surface area contributed by atoms with Gasteiger partial charge < -0.3 is 24.3 Å². The molecule has 8 heteroatoms. The number of esters is 2. The van der Waals surface area contributed by atoms with E-state index in [0.29, 0.717) is 25.4 Å². The van der Waals surface area contributed by atoms with Crippen molar-refractivity contribution in [1.82, 2.24) is 5.32 Å². The van der Waals surface area contributed by atoms with Gasteiger partial charge in [-0.15, -0.1) is 0 Å². The molecule has 3 rings (SSSR count). The van der Waals surface area contributed by atoms with Crippen LogP contribution in [0.15, 0.2) is 0 Å². The summed E-state index contributed by atoms with van der Waals surface area (Å²) in [7, 11) is 1.44. The molecule has 2 saturated heterocycles. The van der Waals surface area contributed by atoms with E-state index in [1.165, 1.54) is 7.11 Å². The second-order valence-corrected chi connectivity index (χ2v) is 13.9. The van der Waals surface area contributed by atoms with Crippen molar-refractivity contribution < 1.29 is 33.3 Å². The average molecular weight is 568 g/mol. The van der Waals surface area contributed by atoms with Crippen molar-refractivity contribution in [3.63, 3.8) is 0 Å². The highest BCUT2D eigenvalue weighted by molar-refractivity contribution is 5.81. The Kier molecular flexibility index (Phi) is 12.7. The molecule has 0 radical (unpaired) electrons. The molecule has 0 spiro atoms. The lowest BCUT2D eigenvalue weighted by Crippen LogP contribution is -2.47. The van der Waals surface area contributed by atoms with Crippen molar-refractivity contribution in [3.05, 3.63) is 0 Å². The Bertz CT molecular complexity index is 850. The maximum absolute atomic E-state index is 12.6. The van der Waals surface area contributed by atoms with Crippen molar-refractivity contribution in [1.29, 1.82) is 0 Å². The molecular weight excluding hydrogens is 510 g/mol. The van der Waals surface area contributed by atoms with Crippen LogP contribution < -0.4 is 5.32 Å². The number of fused-ring (bicyclic) bond motifs is 1. The van der Waals surface area contributed by atoms with Gasteiger partial charge in [0.1, 0.15) is 5.78 Å². The fourth-order valence-electron chi connectivity index (χ4n) is 5.73. The quantitative estimate of drug-likeness (QED) is 0.413. The van der Waals surface area contributed by atoms with Gasteiger partial charge in [-0.05, 0) is 71.1 Å². The van der Waals surface area contributed by atoms with E-state index in [9.17, 15) is 14.4 Å². The van der Waals surface area contributed by atoms with E-state index in [1.807, 2.05) is 13.8 Å². The largest absolute Gasteiger partial charge is 0.469 e. The first kappa shape index (κ1) is 34.7. The first-order valence-electron chi connectivity index (χ1n) is 15.4. The summed E-state index contributed by atoms with van der Waals surface area (Å²) in [5.41, 5.74) is -0.838. The number of cyclic esters (lactones) is 1. The summed E-state index contributed by atoms with van der Waals surface area (Å²) >= 11 is 0. The number of hydrogen-bond acceptors (Lipinski definition) is 8. The molecule has 0 aromatic rings. The zero-order valence-corrected chi connectivity index (χ0v) is 26.9. The Morgan fingerprint density at radius 1 is 1.05 bits per heavy atom. The molecule has 0 bridgehead atoms. The number of methoxy groups -OCH3 is 1. The normalized spacial score (nSPS) is 30.2. The average Bonchev–Trinajstić information content (AvgIpc) is 2.99. The number of Topliss-reactive ketones (excluding diaryl/α,β-unsaturated/α-hetero) is 1. The van der Waals surface area contributed by atoms with Crippen LogP contribution in [0.2, 0.25) is 0 Å². The summed E-state index contributed by atoms with van der Waals surface area (Å²) in [6.45, 7) is 19.8. The lowest BCUT2D eigenvalue weighted by atomic mass is 9.62. The van der Waals surface area contributed by atoms with Gasteiger partial charge in [-0.2, -0.15) is 0 Å². The van der Waals surface area contributed by atoms with E-state index in [-0.39, 0.29) is 59.0 Å². The van der Waals surface area contributed by atoms with E-state index >= 15 is 0 Å². The maximum atomic E-state index is 12.6. The minimum absolute atomic E-state index is 0.0256. The lowest BCUT2D eigenvalue weighted by molar-refractivity contribution is -0.235. The molecule has 1 N–H and O–H groups in total. The second kappa shape index (κ2) is 14.6. The maximum Gasteiger partial charge on any atom is 0.311 e. The fraction of sp³-hybridized carbons (Fsp3) is 0.906. The van der Waals surface area contributed by atoms with Crippen molar-refractivity contribution in [2.24, 2.45) is 28.6 Å². The van der Waals surface area contributed by atoms with Crippen molar-refractivity contribution >= 4 is 17.7 Å². The third-order valence-electron chi connectivity index (χ3n) is 10.2. The van der Waals surface area contributed by atoms with Gasteiger partial charge in [-0.25, -0.2) is 0 Å². The molecule has 2 heterocycles. The summed E-state index contributed by atoms with van der Waals surface area (Å²) in [5.74, 6) is 0.0425. The van der Waals surface area contributed by atoms with Crippen molar-refractivity contribution in [2.45, 2.75) is 138 Å². The molecule has 2 aliphatic heterocycles. The van der Waals surface area contributed by atoms with Crippen LogP contribution >= 0.6 is 0 Å². The molecule has 0 amide bonds. The van der Waals surface area contributed by atoms with Crippen molar-refractivity contribution in [3.8, 4) is 0 Å². The van der Waals surface area contributed by atoms with Gasteiger partial charge >= 0.3 is 11.9 Å². The van der Waals surface area contributed by atoms with Crippen LogP contribution in [0.3, 0.4) is 0 Å². The Hall–Kier alpha value is -1.51. The number of carbonyl (C=O) groups excluding carboxylic acids is 3. The molecule has 4 unspecified atom stereocenters. The second-order valence-electron chi connectivity index (χ2n) is 13.9. The molecule has 0 aromatic carbocycles. The van der Waals surface area contributed by atoms with Crippen LogP contribution in [0, 0.1) is 28.6 Å². The minimum Gasteiger partial charge on any atom is -0.469 e. The molecule has 0 aromatic heterocycles. The number of nitrogens with one attached hydrogen (secondary N) is 1. The van der Waals surface area contributed by atoms with E-state index < -0.39 is 5.41 Å². The molecule has 8 nitrogen and oxygen atoms in total. The molecule has 232 valence electrons. The Morgan fingerprint density at radius 3 is 2.35 bits per heavy atom. The number of hydrogen-bond donors (Lipinski definition) is 1. The highest BCUT2D eigenvalue weighted by Gasteiger charge is 2.46. The van der Waals surface area contributed by atoms with E-state index in [0.717, 1.165) is 45.1 Å². The Morgan fingerprint density at radius 2 is 1.73 bits per heavy atom. The summed E-state index contributed by atoms with van der Waals surface area (Å²) in [5, 5.41) is 3.47. The summed E-state index contributed by atoms with van der Waals surface area (Å²) in [6, 6.07) is 0.222. The Labute approximate surface area is 243 Å². The summed E-state index contributed by atoms with van der Waals surface area (Å²) in [6.07, 6.45) is 5.69. The zero-order chi connectivity index (χ0) is 30.3. The summed E-state index contributed by atoms with van der Waals surface area (Å²) in [4.78, 5) is 36.5. The predicted molar refractivity (Wildman–Crippen MR) is 156 cm³/mol. The van der Waals surface area contributed by atoms with Gasteiger partial charge in [0, 0.05) is 31.8 Å². The van der Waals surface area contributed by atoms with Gasteiger partial charge in [-0.3, -0.25) is 14.4 Å². The first-order chi connectivity index (χ1) is 18.5. The van der Waals surface area contributed by atoms with Crippen LogP contribution in [0.25, 0.3) is 0 Å². The molecule has 5 atom stereocenters. The molecular formula is C32H57NO7. The SMILES string of the molecule is CC1NCC[C@H](OC2CCCCCC(=O)CC3CCOC(=O)C32)OC1(C)C.COC(=O)C(C)(C)C(C)(C)C(C)C. The monoisotopic (exact) mass is 567 g/mol. The summed E-state index contributed by atoms with van der Waals surface area (Å²) < 4.78 is 22.9. The molecule has 1 saturated carbocycles. The van der Waals surface area contributed by atoms with Gasteiger partial charge in [0.25, 0.3) is 0 Å². The topological polar surface area (TPSA) is 100 Å². The standard InChI is InChI=1S/C21H35NO5.C11H22O2/c1-14-21(2,3)27-18(9-11-22-14)26-17-8-6-4-5-7-16(23)13-15-10-12-25-20(24)19(15)17;1-8(2)10(3,4)11(5,6)9(12)13-7/h14-15,17-19,22H,4-13H2,1-3H3;8H,1-7H3/t14?,15?,17?,18-,19?;/m1./s1. The van der Waals surface area contributed by atoms with Crippen LogP contribution in [-0.2, 0) is 33.3 Å². The van der Waals surface area contributed by atoms with E-state index in [2.05, 4.69) is 53.8 Å². The van der Waals surface area contributed by atoms with E-state index in [4.69, 9.17) is 18.9 Å². The Balaban J connectivity index is 0.000000366. The highest BCUT2D eigenvalue weighted by atomic mass is 16.7. The highest BCUT2D eigenvalue weighted by Crippen LogP contribution is 2.45. The molecule has 3 fully saturated rings. The number of carbonyl (C=O) groups is 3. The third-order valence-corrected chi connectivity index (χ3v) is 10.2. The smallest absolute Gasteiger partial charge is 0.311 e. The van der Waals surface area contributed by atoms with Crippen LogP contribution in [-0.4, -0.2) is 62.0 Å². The van der Waals surface area contributed by atoms with Gasteiger partial charge in [0.2, 0.25) is 0 Å². The minimum atomic E-state index is -0.435. The van der Waals surface area contributed by atoms with Crippen LogP contribution in [0.1, 0.15) is 114 Å². The zero-order valence-electron chi connectivity index (χ0n) is 26.9. The number of rotatable bonds is 5. The van der Waals surface area contributed by atoms with Gasteiger partial charge in [0.05, 0.1) is 36.8 Å². The van der Waals surface area contributed by atoms with Crippen LogP contribution in [0.5, 0.6) is 0 Å². The van der Waals surface area contributed by atoms with Crippen LogP contribution in [0.4, 0.5) is 0 Å². The number of ether oxygens (including phenoxy) is 4. The lowest BCUT2D eigenvalue weighted by Gasteiger charge is -2.42. The molecule has 3 aliphatic rings. The van der Waals surface area contributed by atoms with E-state index in [1.54, 1.807) is 0 Å². The van der Waals surface area contributed by atoms with Gasteiger partial charge in [-0.1, -0.05) is 40.5 Å². The van der Waals surface area contributed by atoms with Gasteiger partial charge in [0.15, 0.2) is 6.29 Å². The number of ketones is 1.